The highest BCUT2D eigenvalue weighted by Crippen LogP contribution is 2.17. The van der Waals surface area contributed by atoms with Gasteiger partial charge in [-0.05, 0) is 26.3 Å². The molecule has 0 aromatic rings. The molecule has 0 aromatic heterocycles. The quantitative estimate of drug-likeness (QED) is 0.657. The van der Waals surface area contributed by atoms with Crippen molar-refractivity contribution in [2.24, 2.45) is 0 Å². The Labute approximate surface area is 78.2 Å². The minimum Gasteiger partial charge on any atom is -0.480 e. The van der Waals surface area contributed by atoms with Gasteiger partial charge in [0, 0.05) is 6.54 Å². The number of hydrogen-bond donors (Lipinski definition) is 2. The van der Waals surface area contributed by atoms with E-state index in [1.807, 2.05) is 0 Å². The summed E-state index contributed by atoms with van der Waals surface area (Å²) in [4.78, 5) is 12.6. The Morgan fingerprint density at radius 1 is 1.62 bits per heavy atom. The van der Waals surface area contributed by atoms with E-state index in [-0.39, 0.29) is 0 Å². The molecule has 0 aromatic carbocycles. The highest BCUT2D eigenvalue weighted by Gasteiger charge is 2.28. The van der Waals surface area contributed by atoms with Crippen molar-refractivity contribution in [3.05, 3.63) is 6.92 Å². The van der Waals surface area contributed by atoms with Gasteiger partial charge in [0.25, 0.3) is 0 Å². The van der Waals surface area contributed by atoms with Gasteiger partial charge in [0.05, 0.1) is 6.10 Å². The molecule has 1 saturated heterocycles. The molecule has 0 amide bonds. The molecule has 0 saturated carbocycles. The van der Waals surface area contributed by atoms with Crippen molar-refractivity contribution in [3.63, 3.8) is 0 Å². The van der Waals surface area contributed by atoms with Gasteiger partial charge in [-0.15, -0.1) is 0 Å². The summed E-state index contributed by atoms with van der Waals surface area (Å²) >= 11 is 0. The SMILES string of the molecule is [CH2]C(O)CN1CCCCC1C(=O)O. The second-order valence-corrected chi connectivity index (χ2v) is 3.50. The normalized spacial score (nSPS) is 27.1. The smallest absolute Gasteiger partial charge is 0.320 e. The molecular formula is C9H16NO3. The third kappa shape index (κ3) is 2.97. The summed E-state index contributed by atoms with van der Waals surface area (Å²) in [5.74, 6) is -0.791. The molecular weight excluding hydrogens is 170 g/mol. The Bertz CT molecular complexity index is 182. The van der Waals surface area contributed by atoms with Gasteiger partial charge in [-0.1, -0.05) is 6.42 Å². The number of nitrogens with zero attached hydrogens (tertiary/aromatic N) is 1. The van der Waals surface area contributed by atoms with E-state index in [0.29, 0.717) is 13.0 Å². The molecule has 2 N–H and O–H groups in total. The van der Waals surface area contributed by atoms with Gasteiger partial charge in [-0.25, -0.2) is 0 Å². The summed E-state index contributed by atoms with van der Waals surface area (Å²) in [5, 5.41) is 17.9. The molecule has 13 heavy (non-hydrogen) atoms. The number of hydrogen-bond acceptors (Lipinski definition) is 3. The van der Waals surface area contributed by atoms with Crippen LogP contribution in [0.5, 0.6) is 0 Å². The number of carbonyl (C=O) groups is 1. The molecule has 1 aliphatic rings. The lowest BCUT2D eigenvalue weighted by Crippen LogP contribution is -2.47. The Hall–Kier alpha value is -0.610. The standard InChI is InChI=1S/C9H16NO3/c1-7(11)6-10-5-3-2-4-8(10)9(12)13/h7-8,11H,1-6H2,(H,12,13). The number of carboxylic acids is 1. The summed E-state index contributed by atoms with van der Waals surface area (Å²) in [6, 6.07) is -0.426. The minimum atomic E-state index is -0.791. The molecule has 2 unspecified atom stereocenters. The molecule has 1 aliphatic heterocycles. The summed E-state index contributed by atoms with van der Waals surface area (Å²) in [7, 11) is 0. The van der Waals surface area contributed by atoms with Crippen LogP contribution in [0.25, 0.3) is 0 Å². The number of piperidine rings is 1. The molecule has 75 valence electrons. The second kappa shape index (κ2) is 4.58. The largest absolute Gasteiger partial charge is 0.480 e. The number of carboxylic acid groups (broad SMARTS) is 1. The first-order valence-corrected chi connectivity index (χ1v) is 4.59. The predicted octanol–water partition coefficient (Wildman–Crippen LogP) is 0.120. The Morgan fingerprint density at radius 3 is 2.85 bits per heavy atom. The van der Waals surface area contributed by atoms with Gasteiger partial charge in [0.1, 0.15) is 6.04 Å². The first-order chi connectivity index (χ1) is 6.11. The number of aliphatic hydroxyl groups excluding tert-OH is 1. The fourth-order valence-corrected chi connectivity index (χ4v) is 1.76. The average molecular weight is 186 g/mol. The van der Waals surface area contributed by atoms with Gasteiger partial charge in [-0.3, -0.25) is 9.69 Å². The summed E-state index contributed by atoms with van der Waals surface area (Å²) in [5.41, 5.74) is 0. The molecule has 1 rings (SSSR count). The topological polar surface area (TPSA) is 60.8 Å². The van der Waals surface area contributed by atoms with E-state index in [1.165, 1.54) is 0 Å². The maximum absolute atomic E-state index is 10.8. The lowest BCUT2D eigenvalue weighted by Gasteiger charge is -2.33. The van der Waals surface area contributed by atoms with Crippen LogP contribution in [0.2, 0.25) is 0 Å². The molecule has 1 heterocycles. The fourth-order valence-electron chi connectivity index (χ4n) is 1.76. The number of rotatable bonds is 3. The second-order valence-electron chi connectivity index (χ2n) is 3.50. The van der Waals surface area contributed by atoms with Crippen molar-refractivity contribution in [1.29, 1.82) is 0 Å². The van der Waals surface area contributed by atoms with Crippen LogP contribution in [-0.4, -0.2) is 46.3 Å². The molecule has 0 aliphatic carbocycles. The van der Waals surface area contributed by atoms with Gasteiger partial charge in [0.15, 0.2) is 0 Å². The highest BCUT2D eigenvalue weighted by molar-refractivity contribution is 5.73. The third-order valence-electron chi connectivity index (χ3n) is 2.34. The maximum atomic E-state index is 10.8. The van der Waals surface area contributed by atoms with Gasteiger partial charge < -0.3 is 10.2 Å². The van der Waals surface area contributed by atoms with E-state index in [0.717, 1.165) is 19.4 Å². The molecule has 1 radical (unpaired) electrons. The summed E-state index contributed by atoms with van der Waals surface area (Å²) in [6.07, 6.45) is 1.96. The van der Waals surface area contributed by atoms with Crippen molar-refractivity contribution < 1.29 is 15.0 Å². The van der Waals surface area contributed by atoms with Gasteiger partial charge in [-0.2, -0.15) is 0 Å². The molecule has 0 spiro atoms. The maximum Gasteiger partial charge on any atom is 0.320 e. The monoisotopic (exact) mass is 186 g/mol. The fraction of sp³-hybridized carbons (Fsp3) is 0.778. The van der Waals surface area contributed by atoms with Crippen LogP contribution in [0.15, 0.2) is 0 Å². The molecule has 4 heteroatoms. The lowest BCUT2D eigenvalue weighted by molar-refractivity contribution is -0.145. The number of likely N-dealkylation sites (tertiary alicyclic amines) is 1. The summed E-state index contributed by atoms with van der Waals surface area (Å²) < 4.78 is 0. The zero-order valence-corrected chi connectivity index (χ0v) is 7.65. The first kappa shape index (κ1) is 10.5. The van der Waals surface area contributed by atoms with Crippen LogP contribution in [0.1, 0.15) is 19.3 Å². The van der Waals surface area contributed by atoms with E-state index < -0.39 is 18.1 Å². The summed E-state index contributed by atoms with van der Waals surface area (Å²) in [6.45, 7) is 4.56. The van der Waals surface area contributed by atoms with E-state index in [1.54, 1.807) is 4.90 Å². The van der Waals surface area contributed by atoms with Gasteiger partial charge in [0.2, 0.25) is 0 Å². The molecule has 1 fully saturated rings. The van der Waals surface area contributed by atoms with Crippen molar-refractivity contribution >= 4 is 5.97 Å². The van der Waals surface area contributed by atoms with Crippen LogP contribution in [0.3, 0.4) is 0 Å². The number of β-amino-alcohol motifs (C(OH)–C–C–N with tert-alkyl or cyclic N) is 1. The van der Waals surface area contributed by atoms with E-state index in [9.17, 15) is 4.79 Å². The molecule has 4 nitrogen and oxygen atoms in total. The van der Waals surface area contributed by atoms with E-state index in [4.69, 9.17) is 10.2 Å². The van der Waals surface area contributed by atoms with Crippen LogP contribution in [-0.2, 0) is 4.79 Å². The van der Waals surface area contributed by atoms with Gasteiger partial charge >= 0.3 is 5.97 Å². The van der Waals surface area contributed by atoms with Crippen LogP contribution < -0.4 is 0 Å². The Kier molecular flexibility index (Phi) is 3.69. The van der Waals surface area contributed by atoms with Crippen LogP contribution in [0, 0.1) is 6.92 Å². The average Bonchev–Trinajstić information content (AvgIpc) is 2.03. The molecule has 2 atom stereocenters. The third-order valence-corrected chi connectivity index (χ3v) is 2.34. The van der Waals surface area contributed by atoms with Crippen LogP contribution >= 0.6 is 0 Å². The zero-order valence-electron chi connectivity index (χ0n) is 7.65. The van der Waals surface area contributed by atoms with Crippen molar-refractivity contribution in [2.75, 3.05) is 13.1 Å². The number of aliphatic carboxylic acids is 1. The highest BCUT2D eigenvalue weighted by atomic mass is 16.4. The first-order valence-electron chi connectivity index (χ1n) is 4.59. The van der Waals surface area contributed by atoms with Crippen molar-refractivity contribution in [1.82, 2.24) is 4.90 Å². The number of aliphatic hydroxyl groups is 1. The lowest BCUT2D eigenvalue weighted by atomic mass is 10.0. The minimum absolute atomic E-state index is 0.358. The zero-order chi connectivity index (χ0) is 9.84. The van der Waals surface area contributed by atoms with Crippen molar-refractivity contribution in [2.45, 2.75) is 31.4 Å². The predicted molar refractivity (Wildman–Crippen MR) is 48.2 cm³/mol. The van der Waals surface area contributed by atoms with E-state index >= 15 is 0 Å². The van der Waals surface area contributed by atoms with Crippen molar-refractivity contribution in [3.8, 4) is 0 Å². The van der Waals surface area contributed by atoms with Crippen LogP contribution in [0.4, 0.5) is 0 Å². The Balaban J connectivity index is 2.51. The Morgan fingerprint density at radius 2 is 2.31 bits per heavy atom. The van der Waals surface area contributed by atoms with E-state index in [2.05, 4.69) is 6.92 Å². The molecule has 0 bridgehead atoms.